The Bertz CT molecular complexity index is 2060. The summed E-state index contributed by atoms with van der Waals surface area (Å²) in [6, 6.07) is 20.4. The van der Waals surface area contributed by atoms with Gasteiger partial charge in [-0.25, -0.2) is 13.8 Å². The van der Waals surface area contributed by atoms with Crippen LogP contribution in [0.4, 0.5) is 14.5 Å². The smallest absolute Gasteiger partial charge is 0.255 e. The highest BCUT2D eigenvalue weighted by Crippen LogP contribution is 2.43. The number of rotatable bonds is 7. The number of hydrogen-bond acceptors (Lipinski definition) is 5. The minimum Gasteiger partial charge on any atom is -0.470 e. The van der Waals surface area contributed by atoms with E-state index in [9.17, 15) is 13.6 Å². The molecule has 4 heterocycles. The minimum absolute atomic E-state index is 0.254. The lowest BCUT2D eigenvalue weighted by molar-refractivity contribution is 0.0964. The number of furan rings is 1. The first kappa shape index (κ1) is 27.6. The van der Waals surface area contributed by atoms with Crippen molar-refractivity contribution in [1.29, 1.82) is 0 Å². The number of aromatic nitrogens is 2. The lowest BCUT2D eigenvalue weighted by Crippen LogP contribution is -2.20. The number of pyridine rings is 1. The number of amides is 1. The molecule has 0 saturated carbocycles. The molecule has 6 aromatic rings. The van der Waals surface area contributed by atoms with Crippen molar-refractivity contribution in [3.8, 4) is 39.7 Å². The molecule has 3 aromatic carbocycles. The van der Waals surface area contributed by atoms with E-state index in [4.69, 9.17) is 14.1 Å². The number of nitrogens with one attached hydrogen (secondary N) is 1. The lowest BCUT2D eigenvalue weighted by atomic mass is 10.00. The molecule has 1 N–H and O–H groups in total. The molecule has 9 heteroatoms. The van der Waals surface area contributed by atoms with E-state index in [0.717, 1.165) is 41.8 Å². The Morgan fingerprint density at radius 2 is 1.86 bits per heavy atom. The van der Waals surface area contributed by atoms with Gasteiger partial charge in [0.1, 0.15) is 34.4 Å². The van der Waals surface area contributed by atoms with Crippen molar-refractivity contribution >= 4 is 33.5 Å². The van der Waals surface area contributed by atoms with Crippen LogP contribution in [0.5, 0.6) is 5.75 Å². The molecular formula is C35H30F2N4O3. The van der Waals surface area contributed by atoms with Crippen molar-refractivity contribution in [1.82, 2.24) is 14.9 Å². The second-order valence-electron chi connectivity index (χ2n) is 11.0. The molecule has 7 rings (SSSR count). The molecule has 0 unspecified atom stereocenters. The third-order valence-corrected chi connectivity index (χ3v) is 8.24. The number of fused-ring (bicyclic) bond motifs is 6. The summed E-state index contributed by atoms with van der Waals surface area (Å²) in [7, 11) is 3.59. The highest BCUT2D eigenvalue weighted by Gasteiger charge is 2.27. The fourth-order valence-electron chi connectivity index (χ4n) is 5.94. The number of hydrogen-bond donors (Lipinski definition) is 1. The first-order valence-corrected chi connectivity index (χ1v) is 14.6. The monoisotopic (exact) mass is 592 g/mol. The second kappa shape index (κ2) is 10.8. The van der Waals surface area contributed by atoms with E-state index in [2.05, 4.69) is 17.1 Å². The summed E-state index contributed by atoms with van der Waals surface area (Å²) in [4.78, 5) is 20.5. The summed E-state index contributed by atoms with van der Waals surface area (Å²) < 4.78 is 42.8. The summed E-state index contributed by atoms with van der Waals surface area (Å²) in [5, 5.41) is 3.84. The Morgan fingerprint density at radius 1 is 1.05 bits per heavy atom. The predicted molar refractivity (Wildman–Crippen MR) is 168 cm³/mol. The van der Waals surface area contributed by atoms with Crippen LogP contribution in [-0.4, -0.2) is 36.1 Å². The van der Waals surface area contributed by atoms with Gasteiger partial charge in [0, 0.05) is 54.3 Å². The number of carbonyl (C=O) groups excluding carboxylic acids is 1. The number of halogens is 2. The fraction of sp³-hybridized carbons (Fsp3) is 0.200. The summed E-state index contributed by atoms with van der Waals surface area (Å²) in [5.41, 5.74) is 5.94. The Balaban J connectivity index is 1.46. The number of benzene rings is 3. The summed E-state index contributed by atoms with van der Waals surface area (Å²) in [6.07, 6.45) is 2.00. The SMILES string of the molecule is CCCCN(C)c1cc2oc(-c3ccc(F)cc3)c(C(=O)NC)c2cc1-c1ccc2c(n1)-c1cc3c(F)cccc3n1CO2. The van der Waals surface area contributed by atoms with Gasteiger partial charge in [-0.05, 0) is 67.1 Å². The molecule has 0 aliphatic carbocycles. The van der Waals surface area contributed by atoms with E-state index < -0.39 is 0 Å². The zero-order chi connectivity index (χ0) is 30.5. The molecule has 0 atom stereocenters. The standard InChI is InChI=1S/C35H30F2N4O3/c1-4-5-15-40(3)28-18-31-24(32(35(42)38-2)34(44-31)20-9-11-21(36)12-10-20)16-23(28)26-13-14-30-33(39-26)29-17-22-25(37)7-6-8-27(22)41(29)19-43-30/h6-14,16-18H,4-5,15,19H2,1-3H3,(H,38,42). The Morgan fingerprint density at radius 3 is 2.64 bits per heavy atom. The third-order valence-electron chi connectivity index (χ3n) is 8.24. The van der Waals surface area contributed by atoms with Gasteiger partial charge in [0.2, 0.25) is 0 Å². The van der Waals surface area contributed by atoms with Crippen LogP contribution in [0.1, 0.15) is 30.1 Å². The molecule has 7 nitrogen and oxygen atoms in total. The van der Waals surface area contributed by atoms with Crippen LogP contribution in [0, 0.1) is 11.6 Å². The highest BCUT2D eigenvalue weighted by molar-refractivity contribution is 6.12. The van der Waals surface area contributed by atoms with Gasteiger partial charge in [-0.1, -0.05) is 19.4 Å². The molecule has 0 bridgehead atoms. The summed E-state index contributed by atoms with van der Waals surface area (Å²) in [6.45, 7) is 3.19. The fourth-order valence-corrected chi connectivity index (χ4v) is 5.94. The number of ether oxygens (including phenoxy) is 1. The molecule has 3 aromatic heterocycles. The van der Waals surface area contributed by atoms with Crippen LogP contribution in [0.25, 0.3) is 55.8 Å². The molecule has 1 aliphatic heterocycles. The molecule has 0 spiro atoms. The van der Waals surface area contributed by atoms with Crippen molar-refractivity contribution in [3.05, 3.63) is 90.0 Å². The van der Waals surface area contributed by atoms with Crippen LogP contribution in [0.3, 0.4) is 0 Å². The van der Waals surface area contributed by atoms with E-state index in [0.29, 0.717) is 50.4 Å². The molecule has 0 radical (unpaired) electrons. The highest BCUT2D eigenvalue weighted by atomic mass is 19.1. The Labute approximate surface area is 252 Å². The van der Waals surface area contributed by atoms with Crippen molar-refractivity contribution in [2.45, 2.75) is 26.5 Å². The van der Waals surface area contributed by atoms with E-state index >= 15 is 0 Å². The van der Waals surface area contributed by atoms with Gasteiger partial charge in [-0.3, -0.25) is 4.79 Å². The van der Waals surface area contributed by atoms with Crippen molar-refractivity contribution in [2.75, 3.05) is 25.5 Å². The van der Waals surface area contributed by atoms with Gasteiger partial charge in [-0.2, -0.15) is 0 Å². The number of nitrogens with zero attached hydrogens (tertiary/aromatic N) is 3. The van der Waals surface area contributed by atoms with Gasteiger partial charge in [0.25, 0.3) is 5.91 Å². The molecule has 0 saturated heterocycles. The number of carbonyl (C=O) groups is 1. The topological polar surface area (TPSA) is 72.5 Å². The van der Waals surface area contributed by atoms with Gasteiger partial charge >= 0.3 is 0 Å². The Hall–Kier alpha value is -5.18. The normalized spacial score (nSPS) is 12.2. The van der Waals surface area contributed by atoms with Crippen LogP contribution < -0.4 is 15.0 Å². The first-order valence-electron chi connectivity index (χ1n) is 14.6. The molecule has 1 aliphatic rings. The van der Waals surface area contributed by atoms with Crippen molar-refractivity contribution in [3.63, 3.8) is 0 Å². The zero-order valence-corrected chi connectivity index (χ0v) is 24.6. The van der Waals surface area contributed by atoms with E-state index in [1.54, 1.807) is 25.2 Å². The first-order chi connectivity index (χ1) is 21.4. The molecule has 0 fully saturated rings. The second-order valence-corrected chi connectivity index (χ2v) is 11.0. The number of anilines is 1. The predicted octanol–water partition coefficient (Wildman–Crippen LogP) is 8.01. The van der Waals surface area contributed by atoms with E-state index in [1.807, 2.05) is 48.0 Å². The molecule has 44 heavy (non-hydrogen) atoms. The largest absolute Gasteiger partial charge is 0.470 e. The third kappa shape index (κ3) is 4.47. The van der Waals surface area contributed by atoms with Crippen LogP contribution in [0.2, 0.25) is 0 Å². The zero-order valence-electron chi connectivity index (χ0n) is 24.6. The van der Waals surface area contributed by atoms with Crippen LogP contribution >= 0.6 is 0 Å². The summed E-state index contributed by atoms with van der Waals surface area (Å²) >= 11 is 0. The van der Waals surface area contributed by atoms with E-state index in [-0.39, 0.29) is 24.3 Å². The van der Waals surface area contributed by atoms with Crippen molar-refractivity contribution in [2.24, 2.45) is 0 Å². The lowest BCUT2D eigenvalue weighted by Gasteiger charge is -2.24. The van der Waals surface area contributed by atoms with Gasteiger partial charge < -0.3 is 23.9 Å². The van der Waals surface area contributed by atoms with Crippen LogP contribution in [0.15, 0.2) is 77.2 Å². The molecule has 1 amide bonds. The average molecular weight is 593 g/mol. The van der Waals surface area contributed by atoms with Gasteiger partial charge in [0.15, 0.2) is 6.73 Å². The Kier molecular flexibility index (Phi) is 6.80. The van der Waals surface area contributed by atoms with Gasteiger partial charge in [-0.15, -0.1) is 0 Å². The van der Waals surface area contributed by atoms with Gasteiger partial charge in [0.05, 0.1) is 22.5 Å². The quantitative estimate of drug-likeness (QED) is 0.203. The van der Waals surface area contributed by atoms with Crippen LogP contribution in [-0.2, 0) is 6.73 Å². The maximum atomic E-state index is 14.7. The maximum Gasteiger partial charge on any atom is 0.255 e. The number of unbranched alkanes of at least 4 members (excludes halogenated alkanes) is 1. The van der Waals surface area contributed by atoms with E-state index in [1.165, 1.54) is 18.2 Å². The summed E-state index contributed by atoms with van der Waals surface area (Å²) in [5.74, 6) is -0.0281. The average Bonchev–Trinajstić information content (AvgIpc) is 3.62. The molecular weight excluding hydrogens is 562 g/mol. The van der Waals surface area contributed by atoms with Crippen molar-refractivity contribution < 1.29 is 22.7 Å². The minimum atomic E-state index is -0.377. The maximum absolute atomic E-state index is 14.7. The molecule has 222 valence electrons.